The molecule has 0 heterocycles. The van der Waals surface area contributed by atoms with Gasteiger partial charge in [0.15, 0.2) is 0 Å². The van der Waals surface area contributed by atoms with E-state index in [9.17, 15) is 9.59 Å². The molecule has 2 amide bonds. The number of nitrogens with one attached hydrogen (secondary N) is 1. The lowest BCUT2D eigenvalue weighted by Crippen LogP contribution is -2.37. The van der Waals surface area contributed by atoms with Crippen LogP contribution in [-0.2, 0) is 16.1 Å². The highest BCUT2D eigenvalue weighted by Gasteiger charge is 2.29. The van der Waals surface area contributed by atoms with Crippen molar-refractivity contribution in [3.63, 3.8) is 0 Å². The van der Waals surface area contributed by atoms with Crippen molar-refractivity contribution in [2.45, 2.75) is 26.3 Å². The van der Waals surface area contributed by atoms with Crippen LogP contribution in [0.25, 0.3) is 0 Å². The van der Waals surface area contributed by atoms with E-state index in [0.717, 1.165) is 24.2 Å². The van der Waals surface area contributed by atoms with Gasteiger partial charge in [-0.15, -0.1) is 0 Å². The number of benzene rings is 1. The third-order valence-electron chi connectivity index (χ3n) is 3.63. The summed E-state index contributed by atoms with van der Waals surface area (Å²) in [6, 6.07) is 7.64. The fourth-order valence-corrected chi connectivity index (χ4v) is 2.19. The summed E-state index contributed by atoms with van der Waals surface area (Å²) in [6.07, 6.45) is 1.98. The molecule has 21 heavy (non-hydrogen) atoms. The van der Waals surface area contributed by atoms with Gasteiger partial charge in [-0.25, -0.2) is 0 Å². The summed E-state index contributed by atoms with van der Waals surface area (Å²) in [5, 5.41) is 2.88. The minimum Gasteiger partial charge on any atom is -0.496 e. The lowest BCUT2D eigenvalue weighted by Gasteiger charge is -2.22. The number of carbonyl (C=O) groups excluding carboxylic acids is 2. The number of rotatable bonds is 7. The molecule has 0 unspecified atom stereocenters. The molecule has 1 aliphatic carbocycles. The lowest BCUT2D eigenvalue weighted by atomic mass is 10.2. The van der Waals surface area contributed by atoms with Gasteiger partial charge in [0, 0.05) is 38.0 Å². The summed E-state index contributed by atoms with van der Waals surface area (Å²) in [6.45, 7) is 3.02. The molecular formula is C16H22N2O3. The van der Waals surface area contributed by atoms with Crippen molar-refractivity contribution in [3.8, 4) is 5.75 Å². The molecule has 2 rings (SSSR count). The Morgan fingerprint density at radius 2 is 2.05 bits per heavy atom. The van der Waals surface area contributed by atoms with Crippen molar-refractivity contribution < 1.29 is 14.3 Å². The highest BCUT2D eigenvalue weighted by atomic mass is 16.5. The number of para-hydroxylation sites is 1. The average molecular weight is 290 g/mol. The van der Waals surface area contributed by atoms with Gasteiger partial charge in [-0.2, -0.15) is 0 Å². The van der Waals surface area contributed by atoms with E-state index < -0.39 is 0 Å². The quantitative estimate of drug-likeness (QED) is 0.829. The van der Waals surface area contributed by atoms with Crippen molar-refractivity contribution in [1.29, 1.82) is 0 Å². The Labute approximate surface area is 125 Å². The number of nitrogens with zero attached hydrogens (tertiary/aromatic N) is 1. The van der Waals surface area contributed by atoms with Gasteiger partial charge in [0.25, 0.3) is 0 Å². The molecule has 0 radical (unpaired) electrons. The Morgan fingerprint density at radius 1 is 1.33 bits per heavy atom. The number of hydrogen-bond donors (Lipinski definition) is 1. The van der Waals surface area contributed by atoms with Gasteiger partial charge in [-0.05, 0) is 18.9 Å². The molecule has 0 aliphatic heterocycles. The summed E-state index contributed by atoms with van der Waals surface area (Å²) < 4.78 is 5.30. The standard InChI is InChI=1S/C16H22N2O3/c1-12(19)18(10-9-17-16(20)13-7-8-13)11-14-5-3-4-6-15(14)21-2/h3-6,13H,7-11H2,1-2H3,(H,17,20). The van der Waals surface area contributed by atoms with E-state index >= 15 is 0 Å². The summed E-state index contributed by atoms with van der Waals surface area (Å²) in [7, 11) is 1.62. The van der Waals surface area contributed by atoms with Gasteiger partial charge in [0.05, 0.1) is 7.11 Å². The molecule has 1 aromatic carbocycles. The first-order valence-electron chi connectivity index (χ1n) is 7.27. The van der Waals surface area contributed by atoms with Crippen molar-refractivity contribution in [1.82, 2.24) is 10.2 Å². The van der Waals surface area contributed by atoms with Crippen LogP contribution in [-0.4, -0.2) is 36.9 Å². The van der Waals surface area contributed by atoms with E-state index in [1.165, 1.54) is 6.92 Å². The van der Waals surface area contributed by atoms with Crippen LogP contribution in [0.2, 0.25) is 0 Å². The summed E-state index contributed by atoms with van der Waals surface area (Å²) in [4.78, 5) is 25.0. The lowest BCUT2D eigenvalue weighted by molar-refractivity contribution is -0.130. The topological polar surface area (TPSA) is 58.6 Å². The second kappa shape index (κ2) is 7.11. The van der Waals surface area contributed by atoms with Crippen molar-refractivity contribution in [2.75, 3.05) is 20.2 Å². The van der Waals surface area contributed by atoms with E-state index in [0.29, 0.717) is 19.6 Å². The van der Waals surface area contributed by atoms with E-state index in [1.807, 2.05) is 24.3 Å². The van der Waals surface area contributed by atoms with Gasteiger partial charge in [-0.3, -0.25) is 9.59 Å². The Balaban J connectivity index is 1.89. The first-order chi connectivity index (χ1) is 10.1. The monoisotopic (exact) mass is 290 g/mol. The summed E-state index contributed by atoms with van der Waals surface area (Å²) in [5.74, 6) is 1.06. The van der Waals surface area contributed by atoms with E-state index in [2.05, 4.69) is 5.32 Å². The highest BCUT2D eigenvalue weighted by Crippen LogP contribution is 2.28. The predicted molar refractivity (Wildman–Crippen MR) is 79.8 cm³/mol. The zero-order chi connectivity index (χ0) is 15.2. The van der Waals surface area contributed by atoms with Crippen LogP contribution in [0.1, 0.15) is 25.3 Å². The van der Waals surface area contributed by atoms with Gasteiger partial charge >= 0.3 is 0 Å². The normalized spacial score (nSPS) is 13.6. The minimum atomic E-state index is -0.0124. The molecular weight excluding hydrogens is 268 g/mol. The smallest absolute Gasteiger partial charge is 0.223 e. The first-order valence-corrected chi connectivity index (χ1v) is 7.27. The molecule has 0 atom stereocenters. The third-order valence-corrected chi connectivity index (χ3v) is 3.63. The van der Waals surface area contributed by atoms with Crippen LogP contribution in [0.15, 0.2) is 24.3 Å². The number of amides is 2. The first kappa shape index (κ1) is 15.4. The Morgan fingerprint density at radius 3 is 2.67 bits per heavy atom. The largest absolute Gasteiger partial charge is 0.496 e. The molecule has 1 N–H and O–H groups in total. The molecule has 1 aliphatic rings. The second-order valence-corrected chi connectivity index (χ2v) is 5.32. The fraction of sp³-hybridized carbons (Fsp3) is 0.500. The third kappa shape index (κ3) is 4.48. The SMILES string of the molecule is COc1ccccc1CN(CCNC(=O)C1CC1)C(C)=O. The van der Waals surface area contributed by atoms with Crippen LogP contribution in [0.5, 0.6) is 5.75 Å². The molecule has 0 bridgehead atoms. The number of hydrogen-bond acceptors (Lipinski definition) is 3. The molecule has 0 saturated heterocycles. The predicted octanol–water partition coefficient (Wildman–Crippen LogP) is 1.57. The van der Waals surface area contributed by atoms with Crippen LogP contribution in [0, 0.1) is 5.92 Å². The zero-order valence-electron chi connectivity index (χ0n) is 12.6. The second-order valence-electron chi connectivity index (χ2n) is 5.32. The van der Waals surface area contributed by atoms with Crippen LogP contribution < -0.4 is 10.1 Å². The summed E-state index contributed by atoms with van der Waals surface area (Å²) >= 11 is 0. The van der Waals surface area contributed by atoms with E-state index in [4.69, 9.17) is 4.74 Å². The molecule has 114 valence electrons. The van der Waals surface area contributed by atoms with Gasteiger partial charge < -0.3 is 15.0 Å². The van der Waals surface area contributed by atoms with Crippen molar-refractivity contribution in [2.24, 2.45) is 5.92 Å². The Hall–Kier alpha value is -2.04. The fourth-order valence-electron chi connectivity index (χ4n) is 2.19. The number of methoxy groups -OCH3 is 1. The molecule has 5 heteroatoms. The maximum Gasteiger partial charge on any atom is 0.223 e. The van der Waals surface area contributed by atoms with Gasteiger partial charge in [0.1, 0.15) is 5.75 Å². The van der Waals surface area contributed by atoms with Crippen LogP contribution in [0.4, 0.5) is 0 Å². The maximum atomic E-state index is 11.7. The molecule has 5 nitrogen and oxygen atoms in total. The zero-order valence-corrected chi connectivity index (χ0v) is 12.6. The van der Waals surface area contributed by atoms with E-state index in [1.54, 1.807) is 12.0 Å². The maximum absolute atomic E-state index is 11.7. The number of carbonyl (C=O) groups is 2. The summed E-state index contributed by atoms with van der Waals surface area (Å²) in [5.41, 5.74) is 0.962. The Bertz CT molecular complexity index is 512. The van der Waals surface area contributed by atoms with Crippen LogP contribution in [0.3, 0.4) is 0 Å². The molecule has 1 saturated carbocycles. The van der Waals surface area contributed by atoms with Crippen molar-refractivity contribution in [3.05, 3.63) is 29.8 Å². The molecule has 0 spiro atoms. The van der Waals surface area contributed by atoms with E-state index in [-0.39, 0.29) is 17.7 Å². The highest BCUT2D eigenvalue weighted by molar-refractivity contribution is 5.80. The molecule has 1 aromatic rings. The average Bonchev–Trinajstić information content (AvgIpc) is 3.31. The van der Waals surface area contributed by atoms with Gasteiger partial charge in [0.2, 0.25) is 11.8 Å². The minimum absolute atomic E-state index is 0.0124. The number of ether oxygens (including phenoxy) is 1. The molecule has 1 fully saturated rings. The Kier molecular flexibility index (Phi) is 5.20. The van der Waals surface area contributed by atoms with Gasteiger partial charge in [-0.1, -0.05) is 18.2 Å². The molecule has 0 aromatic heterocycles. The van der Waals surface area contributed by atoms with Crippen molar-refractivity contribution >= 4 is 11.8 Å². The van der Waals surface area contributed by atoms with Crippen LogP contribution >= 0.6 is 0 Å².